The quantitative estimate of drug-likeness (QED) is 0.606. The van der Waals surface area contributed by atoms with E-state index >= 15 is 0 Å². The van der Waals surface area contributed by atoms with Crippen molar-refractivity contribution in [1.29, 1.82) is 0 Å². The summed E-state index contributed by atoms with van der Waals surface area (Å²) in [5.41, 5.74) is 0. The van der Waals surface area contributed by atoms with Crippen molar-refractivity contribution < 1.29 is 14.2 Å². The molecule has 0 radical (unpaired) electrons. The first kappa shape index (κ1) is 13.0. The summed E-state index contributed by atoms with van der Waals surface area (Å²) in [6, 6.07) is 0. The molecule has 0 saturated heterocycles. The van der Waals surface area contributed by atoms with E-state index in [2.05, 4.69) is 9.98 Å². The van der Waals surface area contributed by atoms with Gasteiger partial charge in [0.1, 0.15) is 19.0 Å². The zero-order valence-corrected chi connectivity index (χ0v) is 9.84. The fourth-order valence-electron chi connectivity index (χ4n) is 1.34. The molecule has 2 N–H and O–H groups in total. The lowest BCUT2D eigenvalue weighted by Crippen LogP contribution is -2.51. The maximum absolute atomic E-state index is 5.85. The molecule has 7 nitrogen and oxygen atoms in total. The summed E-state index contributed by atoms with van der Waals surface area (Å²) in [7, 11) is 4.78. The molecule has 0 aromatic heterocycles. The number of nitrogens with zero attached hydrogens (tertiary/aromatic N) is 3. The van der Waals surface area contributed by atoms with Crippen molar-refractivity contribution in [2.45, 2.75) is 6.17 Å². The first-order valence-electron chi connectivity index (χ1n) is 4.88. The normalized spacial score (nSPS) is 20.8. The van der Waals surface area contributed by atoms with Crippen LogP contribution in [0.2, 0.25) is 0 Å². The van der Waals surface area contributed by atoms with E-state index in [0.29, 0.717) is 31.5 Å². The van der Waals surface area contributed by atoms with Crippen molar-refractivity contribution in [3.05, 3.63) is 0 Å². The van der Waals surface area contributed by atoms with E-state index in [4.69, 9.17) is 20.1 Å². The molecule has 0 aromatic carbocycles. The maximum atomic E-state index is 5.85. The first-order chi connectivity index (χ1) is 7.72. The summed E-state index contributed by atoms with van der Waals surface area (Å²) in [4.78, 5) is 8.54. The van der Waals surface area contributed by atoms with Gasteiger partial charge in [0.25, 0.3) is 0 Å². The molecule has 0 amide bonds. The van der Waals surface area contributed by atoms with Gasteiger partial charge in [0.05, 0.1) is 6.61 Å². The second kappa shape index (κ2) is 6.54. The van der Waals surface area contributed by atoms with E-state index in [-0.39, 0.29) is 6.17 Å². The number of aliphatic imine (C=N–C) groups is 2. The minimum Gasteiger partial charge on any atom is -0.380 e. The molecule has 1 heterocycles. The zero-order chi connectivity index (χ0) is 12.0. The Morgan fingerprint density at radius 2 is 1.88 bits per heavy atom. The lowest BCUT2D eigenvalue weighted by atomic mass is 10.4. The third-order valence-electron chi connectivity index (χ3n) is 2.04. The predicted octanol–water partition coefficient (Wildman–Crippen LogP) is -0.762. The summed E-state index contributed by atoms with van der Waals surface area (Å²) in [6.07, 6.45) is -0.280. The highest BCUT2D eigenvalue weighted by Crippen LogP contribution is 2.07. The average molecular weight is 230 g/mol. The summed E-state index contributed by atoms with van der Waals surface area (Å²) in [5, 5.41) is 1.45. The minimum atomic E-state index is -0.280. The van der Waals surface area contributed by atoms with Gasteiger partial charge in [0.2, 0.25) is 0 Å². The fourth-order valence-corrected chi connectivity index (χ4v) is 1.34. The number of ether oxygens (including phenoxy) is 3. The lowest BCUT2D eigenvalue weighted by molar-refractivity contribution is 0.123. The molecule has 7 heteroatoms. The summed E-state index contributed by atoms with van der Waals surface area (Å²) in [6.45, 7) is 1.08. The van der Waals surface area contributed by atoms with Gasteiger partial charge in [0, 0.05) is 21.3 Å². The topological polar surface area (TPSA) is 81.7 Å². The lowest BCUT2D eigenvalue weighted by Gasteiger charge is -2.30. The van der Waals surface area contributed by atoms with Gasteiger partial charge in [-0.1, -0.05) is 0 Å². The third-order valence-corrected chi connectivity index (χ3v) is 2.04. The van der Waals surface area contributed by atoms with Gasteiger partial charge in [-0.25, -0.2) is 15.8 Å². The number of amidine groups is 2. The van der Waals surface area contributed by atoms with E-state index in [1.807, 2.05) is 0 Å². The standard InChI is InChI=1S/C9H18N4O3/c1-14-4-7-11-8(5-15-2)13(10)9(12-7)6-16-3/h8H,4-6,10H2,1-3H3. The fraction of sp³-hybridized carbons (Fsp3) is 0.778. The number of methoxy groups -OCH3 is 3. The Labute approximate surface area is 94.9 Å². The summed E-state index contributed by atoms with van der Waals surface area (Å²) < 4.78 is 15.0. The van der Waals surface area contributed by atoms with Crippen LogP contribution < -0.4 is 5.84 Å². The predicted molar refractivity (Wildman–Crippen MR) is 60.3 cm³/mol. The van der Waals surface area contributed by atoms with E-state index in [0.717, 1.165) is 0 Å². The number of hydrogen-bond acceptors (Lipinski definition) is 7. The second-order valence-corrected chi connectivity index (χ2v) is 3.28. The molecule has 0 aliphatic carbocycles. The summed E-state index contributed by atoms with van der Waals surface area (Å²) in [5.74, 6) is 7.06. The van der Waals surface area contributed by atoms with Crippen LogP contribution in [0, 0.1) is 0 Å². The number of nitrogens with two attached hydrogens (primary N) is 1. The van der Waals surface area contributed by atoms with E-state index in [9.17, 15) is 0 Å². The number of rotatable bonds is 6. The van der Waals surface area contributed by atoms with Crippen LogP contribution >= 0.6 is 0 Å². The summed E-state index contributed by atoms with van der Waals surface area (Å²) >= 11 is 0. The van der Waals surface area contributed by atoms with Crippen LogP contribution in [0.1, 0.15) is 0 Å². The number of hydrogen-bond donors (Lipinski definition) is 1. The van der Waals surface area contributed by atoms with Gasteiger partial charge in [-0.05, 0) is 0 Å². The van der Waals surface area contributed by atoms with Crippen molar-refractivity contribution in [2.24, 2.45) is 15.8 Å². The van der Waals surface area contributed by atoms with E-state index < -0.39 is 0 Å². The molecule has 1 aliphatic heterocycles. The molecule has 0 spiro atoms. The molecule has 0 saturated carbocycles. The first-order valence-corrected chi connectivity index (χ1v) is 4.88. The Morgan fingerprint density at radius 3 is 2.44 bits per heavy atom. The van der Waals surface area contributed by atoms with Gasteiger partial charge in [0.15, 0.2) is 12.0 Å². The molecule has 16 heavy (non-hydrogen) atoms. The average Bonchev–Trinajstić information content (AvgIpc) is 2.26. The Morgan fingerprint density at radius 1 is 1.19 bits per heavy atom. The van der Waals surface area contributed by atoms with Crippen molar-refractivity contribution in [2.75, 3.05) is 41.2 Å². The molecule has 1 atom stereocenters. The Balaban J connectivity index is 2.79. The van der Waals surface area contributed by atoms with Crippen LogP contribution in [0.4, 0.5) is 0 Å². The van der Waals surface area contributed by atoms with E-state index in [1.165, 1.54) is 5.01 Å². The Hall–Kier alpha value is -1.02. The van der Waals surface area contributed by atoms with Crippen LogP contribution in [-0.4, -0.2) is 64.0 Å². The Kier molecular flexibility index (Phi) is 5.33. The van der Waals surface area contributed by atoms with Crippen LogP contribution in [-0.2, 0) is 14.2 Å². The molecule has 0 fully saturated rings. The monoisotopic (exact) mass is 230 g/mol. The van der Waals surface area contributed by atoms with Crippen molar-refractivity contribution in [1.82, 2.24) is 5.01 Å². The van der Waals surface area contributed by atoms with Crippen LogP contribution in [0.5, 0.6) is 0 Å². The highest BCUT2D eigenvalue weighted by molar-refractivity contribution is 5.99. The highest BCUT2D eigenvalue weighted by atomic mass is 16.5. The molecular weight excluding hydrogens is 212 g/mol. The van der Waals surface area contributed by atoms with Gasteiger partial charge < -0.3 is 14.2 Å². The molecule has 1 unspecified atom stereocenters. The smallest absolute Gasteiger partial charge is 0.161 e. The van der Waals surface area contributed by atoms with Crippen molar-refractivity contribution in [3.63, 3.8) is 0 Å². The molecule has 1 rings (SSSR count). The SMILES string of the molecule is COCC1=NC(COC)N(N)C(COC)=N1. The minimum absolute atomic E-state index is 0.280. The van der Waals surface area contributed by atoms with Gasteiger partial charge in [-0.15, -0.1) is 0 Å². The van der Waals surface area contributed by atoms with Crippen molar-refractivity contribution >= 4 is 11.7 Å². The van der Waals surface area contributed by atoms with Gasteiger partial charge >= 0.3 is 0 Å². The highest BCUT2D eigenvalue weighted by Gasteiger charge is 2.23. The number of hydrazine groups is 1. The zero-order valence-electron chi connectivity index (χ0n) is 9.84. The maximum Gasteiger partial charge on any atom is 0.161 e. The molecular formula is C9H18N4O3. The Bertz CT molecular complexity index is 280. The largest absolute Gasteiger partial charge is 0.380 e. The molecule has 1 aliphatic rings. The second-order valence-electron chi connectivity index (χ2n) is 3.28. The van der Waals surface area contributed by atoms with Crippen LogP contribution in [0.3, 0.4) is 0 Å². The van der Waals surface area contributed by atoms with E-state index in [1.54, 1.807) is 21.3 Å². The third kappa shape index (κ3) is 3.24. The van der Waals surface area contributed by atoms with Gasteiger partial charge in [-0.3, -0.25) is 5.01 Å². The van der Waals surface area contributed by atoms with Crippen molar-refractivity contribution in [3.8, 4) is 0 Å². The molecule has 92 valence electrons. The van der Waals surface area contributed by atoms with Gasteiger partial charge in [-0.2, -0.15) is 0 Å². The van der Waals surface area contributed by atoms with Crippen LogP contribution in [0.15, 0.2) is 9.98 Å². The molecule has 0 aromatic rings. The molecule has 0 bridgehead atoms. The van der Waals surface area contributed by atoms with Crippen LogP contribution in [0.25, 0.3) is 0 Å².